The van der Waals surface area contributed by atoms with Gasteiger partial charge in [-0.25, -0.2) is 0 Å². The first kappa shape index (κ1) is 10.1. The van der Waals surface area contributed by atoms with Crippen LogP contribution in [0.15, 0.2) is 16.8 Å². The average Bonchev–Trinajstić information content (AvgIpc) is 2.84. The molecule has 1 aliphatic rings. The minimum Gasteiger partial charge on any atom is -0.383 e. The maximum absolute atomic E-state index is 5.13. The van der Waals surface area contributed by atoms with Gasteiger partial charge in [-0.3, -0.25) is 4.90 Å². The Kier molecular flexibility index (Phi) is 3.56. The van der Waals surface area contributed by atoms with E-state index in [1.54, 1.807) is 18.4 Å². The summed E-state index contributed by atoms with van der Waals surface area (Å²) >= 11 is 1.79. The lowest BCUT2D eigenvalue weighted by Crippen LogP contribution is -2.26. The Morgan fingerprint density at radius 2 is 2.57 bits per heavy atom. The molecule has 2 nitrogen and oxygen atoms in total. The van der Waals surface area contributed by atoms with Gasteiger partial charge in [0, 0.05) is 19.7 Å². The Hall–Kier alpha value is -0.380. The van der Waals surface area contributed by atoms with Crippen molar-refractivity contribution in [2.45, 2.75) is 18.9 Å². The van der Waals surface area contributed by atoms with Crippen molar-refractivity contribution in [3.8, 4) is 0 Å². The van der Waals surface area contributed by atoms with E-state index >= 15 is 0 Å². The maximum Gasteiger partial charge on any atom is 0.0589 e. The van der Waals surface area contributed by atoms with Gasteiger partial charge in [0.05, 0.1) is 6.61 Å². The van der Waals surface area contributed by atoms with Crippen molar-refractivity contribution in [1.82, 2.24) is 4.90 Å². The summed E-state index contributed by atoms with van der Waals surface area (Å²) in [5.41, 5.74) is 1.49. The zero-order chi connectivity index (χ0) is 9.80. The fourth-order valence-corrected chi connectivity index (χ4v) is 2.85. The van der Waals surface area contributed by atoms with Crippen LogP contribution in [0.3, 0.4) is 0 Å². The van der Waals surface area contributed by atoms with E-state index in [0.29, 0.717) is 6.04 Å². The number of thiophene rings is 1. The highest BCUT2D eigenvalue weighted by molar-refractivity contribution is 7.07. The highest BCUT2D eigenvalue weighted by Crippen LogP contribution is 2.32. The summed E-state index contributed by atoms with van der Waals surface area (Å²) < 4.78 is 5.13. The molecule has 1 aromatic heterocycles. The largest absolute Gasteiger partial charge is 0.383 e. The number of hydrogen-bond acceptors (Lipinski definition) is 3. The first-order chi connectivity index (χ1) is 6.92. The molecule has 1 saturated heterocycles. The van der Waals surface area contributed by atoms with Gasteiger partial charge in [-0.2, -0.15) is 11.3 Å². The molecule has 0 spiro atoms. The normalized spacial score (nSPS) is 23.1. The minimum atomic E-state index is 0.649. The van der Waals surface area contributed by atoms with Crippen LogP contribution in [-0.4, -0.2) is 31.7 Å². The van der Waals surface area contributed by atoms with Gasteiger partial charge >= 0.3 is 0 Å². The Morgan fingerprint density at radius 1 is 1.64 bits per heavy atom. The molecule has 0 bridgehead atoms. The van der Waals surface area contributed by atoms with Crippen molar-refractivity contribution >= 4 is 11.3 Å². The van der Waals surface area contributed by atoms with E-state index in [4.69, 9.17) is 4.74 Å². The number of ether oxygens (including phenoxy) is 1. The van der Waals surface area contributed by atoms with Gasteiger partial charge in [-0.05, 0) is 41.8 Å². The third-order valence-corrected chi connectivity index (χ3v) is 3.58. The van der Waals surface area contributed by atoms with Crippen LogP contribution in [0.1, 0.15) is 24.4 Å². The van der Waals surface area contributed by atoms with E-state index in [2.05, 4.69) is 21.7 Å². The summed E-state index contributed by atoms with van der Waals surface area (Å²) in [5.74, 6) is 0. The van der Waals surface area contributed by atoms with Crippen LogP contribution >= 0.6 is 11.3 Å². The summed E-state index contributed by atoms with van der Waals surface area (Å²) in [7, 11) is 1.77. The molecule has 14 heavy (non-hydrogen) atoms. The van der Waals surface area contributed by atoms with Gasteiger partial charge in [0.1, 0.15) is 0 Å². The quantitative estimate of drug-likeness (QED) is 0.759. The minimum absolute atomic E-state index is 0.649. The van der Waals surface area contributed by atoms with Crippen molar-refractivity contribution in [2.24, 2.45) is 0 Å². The highest BCUT2D eigenvalue weighted by Gasteiger charge is 2.25. The monoisotopic (exact) mass is 211 g/mol. The second-order valence-electron chi connectivity index (χ2n) is 3.74. The molecule has 0 aromatic carbocycles. The van der Waals surface area contributed by atoms with E-state index in [9.17, 15) is 0 Å². The second kappa shape index (κ2) is 4.91. The molecule has 1 atom stereocenters. The van der Waals surface area contributed by atoms with Crippen LogP contribution in [0.5, 0.6) is 0 Å². The molecule has 0 radical (unpaired) electrons. The molecule has 78 valence electrons. The molecule has 1 aliphatic heterocycles. The van der Waals surface area contributed by atoms with Gasteiger partial charge in [-0.15, -0.1) is 0 Å². The van der Waals surface area contributed by atoms with Gasteiger partial charge in [0.15, 0.2) is 0 Å². The fourth-order valence-electron chi connectivity index (χ4n) is 2.14. The SMILES string of the molecule is COCCN1CCCC1c1ccsc1. The standard InChI is InChI=1S/C11H17NOS/c1-13-7-6-12-5-2-3-11(12)10-4-8-14-9-10/h4,8-9,11H,2-3,5-7H2,1H3. The van der Waals surface area contributed by atoms with Crippen LogP contribution in [0.2, 0.25) is 0 Å². The van der Waals surface area contributed by atoms with E-state index in [1.807, 2.05) is 0 Å². The van der Waals surface area contributed by atoms with E-state index < -0.39 is 0 Å². The van der Waals surface area contributed by atoms with Crippen LogP contribution in [0.25, 0.3) is 0 Å². The fraction of sp³-hybridized carbons (Fsp3) is 0.636. The third kappa shape index (κ3) is 2.16. The third-order valence-electron chi connectivity index (χ3n) is 2.87. The zero-order valence-corrected chi connectivity index (χ0v) is 9.43. The molecule has 3 heteroatoms. The van der Waals surface area contributed by atoms with Crippen LogP contribution < -0.4 is 0 Å². The molecule has 1 aromatic rings. The molecule has 0 amide bonds. The Morgan fingerprint density at radius 3 is 3.29 bits per heavy atom. The predicted molar refractivity (Wildman–Crippen MR) is 59.7 cm³/mol. The zero-order valence-electron chi connectivity index (χ0n) is 8.61. The van der Waals surface area contributed by atoms with E-state index in [1.165, 1.54) is 24.9 Å². The van der Waals surface area contributed by atoms with Gasteiger partial charge in [0.2, 0.25) is 0 Å². The van der Waals surface area contributed by atoms with E-state index in [-0.39, 0.29) is 0 Å². The summed E-state index contributed by atoms with van der Waals surface area (Å²) in [6.07, 6.45) is 2.63. The molecule has 0 aliphatic carbocycles. The number of likely N-dealkylation sites (tertiary alicyclic amines) is 1. The summed E-state index contributed by atoms with van der Waals surface area (Å²) in [4.78, 5) is 2.53. The molecule has 0 N–H and O–H groups in total. The second-order valence-corrected chi connectivity index (χ2v) is 4.52. The lowest BCUT2D eigenvalue weighted by molar-refractivity contribution is 0.141. The maximum atomic E-state index is 5.13. The van der Waals surface area contributed by atoms with Crippen molar-refractivity contribution in [1.29, 1.82) is 0 Å². The average molecular weight is 211 g/mol. The first-order valence-electron chi connectivity index (χ1n) is 5.17. The highest BCUT2D eigenvalue weighted by atomic mass is 32.1. The predicted octanol–water partition coefficient (Wildman–Crippen LogP) is 2.53. The first-order valence-corrected chi connectivity index (χ1v) is 6.11. The smallest absolute Gasteiger partial charge is 0.0589 e. The van der Waals surface area contributed by atoms with Crippen molar-refractivity contribution < 1.29 is 4.74 Å². The lowest BCUT2D eigenvalue weighted by atomic mass is 10.1. The van der Waals surface area contributed by atoms with Gasteiger partial charge in [-0.1, -0.05) is 0 Å². The van der Waals surface area contributed by atoms with E-state index in [0.717, 1.165) is 13.2 Å². The van der Waals surface area contributed by atoms with Crippen LogP contribution in [0.4, 0.5) is 0 Å². The Balaban J connectivity index is 1.97. The molecule has 1 unspecified atom stereocenters. The number of rotatable bonds is 4. The van der Waals surface area contributed by atoms with Crippen molar-refractivity contribution in [2.75, 3.05) is 26.8 Å². The van der Waals surface area contributed by atoms with Crippen molar-refractivity contribution in [3.63, 3.8) is 0 Å². The Labute approximate surface area is 89.5 Å². The molecule has 2 rings (SSSR count). The summed E-state index contributed by atoms with van der Waals surface area (Å²) in [6.45, 7) is 3.14. The topological polar surface area (TPSA) is 12.5 Å². The molecule has 2 heterocycles. The summed E-state index contributed by atoms with van der Waals surface area (Å²) in [6, 6.07) is 2.90. The van der Waals surface area contributed by atoms with Crippen LogP contribution in [0, 0.1) is 0 Å². The number of hydrogen-bond donors (Lipinski definition) is 0. The van der Waals surface area contributed by atoms with Crippen LogP contribution in [-0.2, 0) is 4.74 Å². The molecule has 0 saturated carbocycles. The Bertz CT molecular complexity index is 260. The van der Waals surface area contributed by atoms with Gasteiger partial charge < -0.3 is 4.74 Å². The lowest BCUT2D eigenvalue weighted by Gasteiger charge is -2.23. The molecular weight excluding hydrogens is 194 g/mol. The van der Waals surface area contributed by atoms with Gasteiger partial charge in [0.25, 0.3) is 0 Å². The molecular formula is C11H17NOS. The summed E-state index contributed by atoms with van der Waals surface area (Å²) in [5, 5.41) is 4.44. The number of nitrogens with zero attached hydrogens (tertiary/aromatic N) is 1. The molecule has 1 fully saturated rings. The number of methoxy groups -OCH3 is 1. The van der Waals surface area contributed by atoms with Crippen molar-refractivity contribution in [3.05, 3.63) is 22.4 Å².